The van der Waals surface area contributed by atoms with E-state index < -0.39 is 17.5 Å². The number of aromatic amines is 1. The molecule has 0 aliphatic heterocycles. The van der Waals surface area contributed by atoms with Crippen LogP contribution in [0.4, 0.5) is 0 Å². The van der Waals surface area contributed by atoms with E-state index in [1.165, 1.54) is 6.92 Å². The number of nitrogens with zero attached hydrogens (tertiary/aromatic N) is 1. The van der Waals surface area contributed by atoms with Gasteiger partial charge in [-0.25, -0.2) is 9.59 Å². The van der Waals surface area contributed by atoms with Crippen LogP contribution in [0.15, 0.2) is 9.21 Å². The van der Waals surface area contributed by atoms with E-state index in [-0.39, 0.29) is 41.5 Å². The normalized spacial score (nSPS) is 10.6. The highest BCUT2D eigenvalue weighted by Crippen LogP contribution is 2.21. The highest BCUT2D eigenvalue weighted by Gasteiger charge is 2.24. The van der Waals surface area contributed by atoms with Crippen molar-refractivity contribution >= 4 is 23.0 Å². The van der Waals surface area contributed by atoms with E-state index in [9.17, 15) is 14.4 Å². The Kier molecular flexibility index (Phi) is 4.06. The molecule has 0 fully saturated rings. The Morgan fingerprint density at radius 3 is 2.43 bits per heavy atom. The predicted molar refractivity (Wildman–Crippen MR) is 71.3 cm³/mol. The molecule has 0 spiro atoms. The van der Waals surface area contributed by atoms with Gasteiger partial charge in [-0.15, -0.1) is 0 Å². The van der Waals surface area contributed by atoms with Crippen LogP contribution in [0.5, 0.6) is 0 Å². The molecule has 8 heteroatoms. The molecule has 1 N–H and O–H groups in total. The third-order valence-electron chi connectivity index (χ3n) is 2.69. The fourth-order valence-corrected chi connectivity index (χ4v) is 1.86. The van der Waals surface area contributed by atoms with Crippen LogP contribution in [-0.4, -0.2) is 35.1 Å². The number of H-pyrrole nitrogens is 1. The zero-order valence-corrected chi connectivity index (χ0v) is 11.8. The lowest BCUT2D eigenvalue weighted by atomic mass is 10.2. The molecule has 2 heterocycles. The fourth-order valence-electron chi connectivity index (χ4n) is 1.86. The summed E-state index contributed by atoms with van der Waals surface area (Å²) in [5.74, 6) is -1.53. The minimum atomic E-state index is -0.775. The van der Waals surface area contributed by atoms with Gasteiger partial charge in [0.1, 0.15) is 16.7 Å². The molecule has 0 atom stereocenters. The first-order valence-corrected chi connectivity index (χ1v) is 6.37. The Bertz CT molecular complexity index is 758. The summed E-state index contributed by atoms with van der Waals surface area (Å²) in [5, 5.41) is -0.0426. The van der Waals surface area contributed by atoms with Crippen molar-refractivity contribution in [2.24, 2.45) is 0 Å². The summed E-state index contributed by atoms with van der Waals surface area (Å²) < 4.78 is 14.9. The number of furan rings is 1. The van der Waals surface area contributed by atoms with Gasteiger partial charge in [-0.2, -0.15) is 4.98 Å². The zero-order chi connectivity index (χ0) is 15.6. The van der Waals surface area contributed by atoms with E-state index in [4.69, 9.17) is 13.9 Å². The Hall–Kier alpha value is -2.64. The molecule has 21 heavy (non-hydrogen) atoms. The summed E-state index contributed by atoms with van der Waals surface area (Å²) in [5.41, 5.74) is -0.763. The van der Waals surface area contributed by atoms with Crippen LogP contribution in [0.1, 0.15) is 40.6 Å². The second kappa shape index (κ2) is 5.78. The van der Waals surface area contributed by atoms with Gasteiger partial charge in [0, 0.05) is 0 Å². The first-order valence-electron chi connectivity index (χ1n) is 6.37. The summed E-state index contributed by atoms with van der Waals surface area (Å²) in [6.07, 6.45) is 0. The van der Waals surface area contributed by atoms with Crippen molar-refractivity contribution in [2.75, 3.05) is 13.2 Å². The first-order chi connectivity index (χ1) is 9.99. The average Bonchev–Trinajstić information content (AvgIpc) is 2.76. The lowest BCUT2D eigenvalue weighted by Crippen LogP contribution is -2.19. The maximum Gasteiger partial charge on any atom is 0.374 e. The predicted octanol–water partition coefficient (Wildman–Crippen LogP) is 1.18. The minimum absolute atomic E-state index is 0.0102. The number of nitrogens with one attached hydrogen (secondary N) is 1. The second-order valence-electron chi connectivity index (χ2n) is 4.07. The van der Waals surface area contributed by atoms with E-state index in [0.29, 0.717) is 0 Å². The van der Waals surface area contributed by atoms with Gasteiger partial charge in [-0.3, -0.25) is 4.79 Å². The van der Waals surface area contributed by atoms with Crippen molar-refractivity contribution in [3.05, 3.63) is 27.5 Å². The van der Waals surface area contributed by atoms with Gasteiger partial charge in [0.05, 0.1) is 13.2 Å². The van der Waals surface area contributed by atoms with E-state index in [0.717, 1.165) is 0 Å². The number of hydrogen-bond donors (Lipinski definition) is 1. The summed E-state index contributed by atoms with van der Waals surface area (Å²) in [4.78, 5) is 41.7. The fraction of sp³-hybridized carbons (Fsp3) is 0.385. The Morgan fingerprint density at radius 1 is 1.19 bits per heavy atom. The molecule has 0 radical (unpaired) electrons. The molecule has 0 unspecified atom stereocenters. The molecule has 0 bridgehead atoms. The number of carbonyl (C=O) groups is 2. The Labute approximate surface area is 119 Å². The van der Waals surface area contributed by atoms with Gasteiger partial charge in [0.15, 0.2) is 0 Å². The van der Waals surface area contributed by atoms with Crippen molar-refractivity contribution in [1.82, 2.24) is 9.97 Å². The average molecular weight is 294 g/mol. The summed E-state index contributed by atoms with van der Waals surface area (Å²) in [7, 11) is 0. The number of esters is 2. The lowest BCUT2D eigenvalue weighted by Gasteiger charge is -2.01. The van der Waals surface area contributed by atoms with Crippen molar-refractivity contribution in [3.8, 4) is 0 Å². The molecule has 2 rings (SSSR count). The largest absolute Gasteiger partial charge is 0.462 e. The Morgan fingerprint density at radius 2 is 1.81 bits per heavy atom. The molecule has 8 nitrogen and oxygen atoms in total. The van der Waals surface area contributed by atoms with Crippen LogP contribution in [0.25, 0.3) is 11.1 Å². The van der Waals surface area contributed by atoms with Gasteiger partial charge < -0.3 is 18.9 Å². The molecule has 0 saturated carbocycles. The van der Waals surface area contributed by atoms with Crippen LogP contribution in [-0.2, 0) is 9.47 Å². The van der Waals surface area contributed by atoms with Crippen LogP contribution in [0, 0.1) is 6.92 Å². The molecule has 112 valence electrons. The molecular formula is C13H14N2O6. The van der Waals surface area contributed by atoms with Crippen molar-refractivity contribution in [2.45, 2.75) is 20.8 Å². The Balaban J connectivity index is 2.61. The van der Waals surface area contributed by atoms with Crippen molar-refractivity contribution in [3.63, 3.8) is 0 Å². The number of carbonyl (C=O) groups excluding carboxylic acids is 2. The molecule has 2 aromatic rings. The maximum atomic E-state index is 12.1. The monoisotopic (exact) mass is 294 g/mol. The molecule has 0 amide bonds. The minimum Gasteiger partial charge on any atom is -0.462 e. The standard InChI is InChI=1S/C13H14N2O6/c1-4-19-12(17)7-6(3)21-11-8(7)10(16)14-9(15-11)13(18)20-5-2/h4-5H2,1-3H3,(H,14,15,16). The molecule has 0 aliphatic rings. The van der Waals surface area contributed by atoms with E-state index in [1.807, 2.05) is 0 Å². The maximum absolute atomic E-state index is 12.1. The first kappa shape index (κ1) is 14.8. The van der Waals surface area contributed by atoms with Crippen LogP contribution < -0.4 is 5.56 Å². The molecule has 0 saturated heterocycles. The number of hydrogen-bond acceptors (Lipinski definition) is 7. The zero-order valence-electron chi connectivity index (χ0n) is 11.8. The van der Waals surface area contributed by atoms with Gasteiger partial charge >= 0.3 is 11.9 Å². The SMILES string of the molecule is CCOC(=O)c1nc2oc(C)c(C(=O)OCC)c2c(=O)[nH]1. The lowest BCUT2D eigenvalue weighted by molar-refractivity contribution is 0.0507. The van der Waals surface area contributed by atoms with E-state index >= 15 is 0 Å². The molecule has 2 aromatic heterocycles. The van der Waals surface area contributed by atoms with E-state index in [1.54, 1.807) is 13.8 Å². The van der Waals surface area contributed by atoms with Crippen LogP contribution in [0.2, 0.25) is 0 Å². The molecular weight excluding hydrogens is 280 g/mol. The quantitative estimate of drug-likeness (QED) is 0.842. The summed E-state index contributed by atoms with van der Waals surface area (Å²) >= 11 is 0. The van der Waals surface area contributed by atoms with Gasteiger partial charge in [-0.1, -0.05) is 0 Å². The highest BCUT2D eigenvalue weighted by atomic mass is 16.5. The summed E-state index contributed by atoms with van der Waals surface area (Å²) in [6.45, 7) is 5.10. The third kappa shape index (κ3) is 2.64. The van der Waals surface area contributed by atoms with Gasteiger partial charge in [0.25, 0.3) is 5.56 Å². The second-order valence-corrected chi connectivity index (χ2v) is 4.07. The number of aryl methyl sites for hydroxylation is 1. The van der Waals surface area contributed by atoms with Gasteiger partial charge in [-0.05, 0) is 20.8 Å². The third-order valence-corrected chi connectivity index (χ3v) is 2.69. The number of rotatable bonds is 4. The van der Waals surface area contributed by atoms with Gasteiger partial charge in [0.2, 0.25) is 11.5 Å². The van der Waals surface area contributed by atoms with Crippen molar-refractivity contribution < 1.29 is 23.5 Å². The smallest absolute Gasteiger partial charge is 0.374 e. The molecule has 0 aromatic carbocycles. The number of aromatic nitrogens is 2. The molecule has 0 aliphatic carbocycles. The number of fused-ring (bicyclic) bond motifs is 1. The summed E-state index contributed by atoms with van der Waals surface area (Å²) in [6, 6.07) is 0. The van der Waals surface area contributed by atoms with Crippen molar-refractivity contribution in [1.29, 1.82) is 0 Å². The van der Waals surface area contributed by atoms with Crippen LogP contribution in [0.3, 0.4) is 0 Å². The van der Waals surface area contributed by atoms with Crippen LogP contribution >= 0.6 is 0 Å². The highest BCUT2D eigenvalue weighted by molar-refractivity contribution is 6.03. The topological polar surface area (TPSA) is 111 Å². The van der Waals surface area contributed by atoms with E-state index in [2.05, 4.69) is 9.97 Å². The number of ether oxygens (including phenoxy) is 2.